The summed E-state index contributed by atoms with van der Waals surface area (Å²) < 4.78 is 0. The van der Waals surface area contributed by atoms with Crippen LogP contribution in [0.4, 0.5) is 0 Å². The third-order valence-corrected chi connectivity index (χ3v) is 23.3. The van der Waals surface area contributed by atoms with Crippen molar-refractivity contribution in [1.82, 2.24) is 0 Å². The molecule has 3 aromatic carbocycles. The van der Waals surface area contributed by atoms with Crippen molar-refractivity contribution in [2.24, 2.45) is 0 Å². The second-order valence-electron chi connectivity index (χ2n) is 16.2. The summed E-state index contributed by atoms with van der Waals surface area (Å²) in [5, 5.41) is 4.84. The van der Waals surface area contributed by atoms with E-state index in [1.165, 1.54) is 40.4 Å². The van der Waals surface area contributed by atoms with Crippen molar-refractivity contribution >= 4 is 35.4 Å². The first-order valence-corrected chi connectivity index (χ1v) is 23.8. The molecule has 2 aliphatic heterocycles. The maximum absolute atomic E-state index is 4.84. The van der Waals surface area contributed by atoms with Crippen molar-refractivity contribution in [3.05, 3.63) is 106 Å². The van der Waals surface area contributed by atoms with E-state index in [-0.39, 0.29) is 24.4 Å². The second-order valence-corrected chi connectivity index (χ2v) is 27.4. The fourth-order valence-electron chi connectivity index (χ4n) is 8.83. The number of hydrogen-bond acceptors (Lipinski definition) is 0. The fourth-order valence-corrected chi connectivity index (χ4v) is 20.3. The normalized spacial score (nSPS) is 17.0. The van der Waals surface area contributed by atoms with Gasteiger partial charge in [-0.05, 0) is 82.6 Å². The number of fused-ring (bicyclic) bond motifs is 8. The smallest absolute Gasteiger partial charge is 0.641 e. The molecule has 47 heavy (non-hydrogen) atoms. The molecule has 2 bridgehead atoms. The number of benzene rings is 3. The van der Waals surface area contributed by atoms with Crippen LogP contribution in [-0.4, -0.2) is 58.3 Å². The molecule has 0 aliphatic carbocycles. The third kappa shape index (κ3) is 9.63. The van der Waals surface area contributed by atoms with Crippen LogP contribution in [0.3, 0.4) is 0 Å². The Kier molecular flexibility index (Phi) is 15.8. The topological polar surface area (TPSA) is 14.1 Å². The summed E-state index contributed by atoms with van der Waals surface area (Å²) in [6.07, 6.45) is -0.526. The molecule has 0 radical (unpaired) electrons. The maximum Gasteiger partial charge on any atom is 2.00 e. The standard InChI is InChI=1S/C27H53BP3.C14H10N.Ni/c1-21(2)29(22(3)4)18-28(27-16-14-13-15-17-27,19-30(23(5)6)24(7)8)20-31(25(9)10)26(11)12;1-2-6-10-9(5-1)13-11-7-3-4-8-12(11)14(10)15-13;/h13-17,21-26H,18-20H2,1-12H3;1-8,13-14H;/q2*-1;+2/p+2. The second kappa shape index (κ2) is 18.1. The summed E-state index contributed by atoms with van der Waals surface area (Å²) in [5.74, 6) is 0. The molecular formula is C41H65BNNiP3+2. The van der Waals surface area contributed by atoms with Gasteiger partial charge in [-0.2, -0.15) is 0 Å². The van der Waals surface area contributed by atoms with E-state index in [0.717, 1.165) is 34.0 Å². The predicted octanol–water partition coefficient (Wildman–Crippen LogP) is 11.9. The van der Waals surface area contributed by atoms with Gasteiger partial charge in [-0.15, -0.1) is 14.0 Å². The Morgan fingerprint density at radius 3 is 1.15 bits per heavy atom. The summed E-state index contributed by atoms with van der Waals surface area (Å²) in [7, 11) is -0.806. The summed E-state index contributed by atoms with van der Waals surface area (Å²) >= 11 is 0. The van der Waals surface area contributed by atoms with Crippen molar-refractivity contribution in [1.29, 1.82) is 0 Å². The molecule has 0 N–H and O–H groups in total. The average Bonchev–Trinajstić information content (AvgIpc) is 3.59. The molecule has 0 spiro atoms. The van der Waals surface area contributed by atoms with Crippen LogP contribution >= 0.6 is 23.8 Å². The minimum atomic E-state index is -0.526. The molecule has 2 aliphatic rings. The first-order valence-electron chi connectivity index (χ1n) is 18.4. The van der Waals surface area contributed by atoms with Crippen LogP contribution in [0.2, 0.25) is 0 Å². The van der Waals surface area contributed by atoms with Crippen LogP contribution in [0.25, 0.3) is 5.32 Å². The van der Waals surface area contributed by atoms with E-state index < -0.39 is 22.0 Å². The predicted molar refractivity (Wildman–Crippen MR) is 221 cm³/mol. The quantitative estimate of drug-likeness (QED) is 0.123. The van der Waals surface area contributed by atoms with Crippen LogP contribution in [0.15, 0.2) is 78.9 Å². The Hall–Kier alpha value is -0.532. The van der Waals surface area contributed by atoms with E-state index in [1.807, 2.05) is 0 Å². The van der Waals surface area contributed by atoms with E-state index in [9.17, 15) is 0 Å². The van der Waals surface area contributed by atoms with Gasteiger partial charge in [0.25, 0.3) is 0 Å². The molecule has 0 unspecified atom stereocenters. The van der Waals surface area contributed by atoms with Gasteiger partial charge in [0.15, 0.2) is 0 Å². The van der Waals surface area contributed by atoms with Crippen LogP contribution in [-0.2, 0) is 16.5 Å². The van der Waals surface area contributed by atoms with Gasteiger partial charge in [0, 0.05) is 0 Å². The van der Waals surface area contributed by atoms with Crippen molar-refractivity contribution in [2.45, 2.75) is 129 Å². The van der Waals surface area contributed by atoms with Gasteiger partial charge in [-0.3, -0.25) is 0 Å². The number of hydrogen-bond donors (Lipinski definition) is 0. The molecule has 5 rings (SSSR count). The third-order valence-electron chi connectivity index (χ3n) is 11.1. The fraction of sp³-hybridized carbons (Fsp3) is 0.561. The van der Waals surface area contributed by atoms with E-state index in [1.54, 1.807) is 5.46 Å². The van der Waals surface area contributed by atoms with E-state index in [2.05, 4.69) is 162 Å². The monoisotopic (exact) mass is 733 g/mol. The maximum atomic E-state index is 4.84. The van der Waals surface area contributed by atoms with Crippen LogP contribution in [0.1, 0.15) is 117 Å². The summed E-state index contributed by atoms with van der Waals surface area (Å²) in [6, 6.07) is 34.4. The van der Waals surface area contributed by atoms with Gasteiger partial charge in [-0.25, -0.2) is 5.46 Å². The molecule has 0 fully saturated rings. The van der Waals surface area contributed by atoms with Gasteiger partial charge < -0.3 is 5.32 Å². The molecular weight excluding hydrogens is 669 g/mol. The zero-order valence-corrected chi connectivity index (χ0v) is 35.4. The minimum Gasteiger partial charge on any atom is -0.641 e. The van der Waals surface area contributed by atoms with Gasteiger partial charge in [0.2, 0.25) is 0 Å². The molecule has 0 saturated heterocycles. The zero-order valence-electron chi connectivity index (χ0n) is 31.5. The number of rotatable bonds is 13. The molecule has 0 saturated carbocycles. The Balaban J connectivity index is 0.000000306. The Morgan fingerprint density at radius 2 is 0.851 bits per heavy atom. The zero-order chi connectivity index (χ0) is 33.8. The molecule has 1 nitrogen and oxygen atoms in total. The van der Waals surface area contributed by atoms with Crippen LogP contribution in [0.5, 0.6) is 0 Å². The summed E-state index contributed by atoms with van der Waals surface area (Å²) in [6.45, 7) is 30.2. The SMILES string of the molecule is CC(C)P(C[B-](C[PH+](C(C)C)C(C)C)(C[PH+](C(C)C)C(C)C)c1ccccc1)C(C)C.[Ni+2].c1ccc2c(c1)C1[N-]C2c2ccccc21. The van der Waals surface area contributed by atoms with Crippen molar-refractivity contribution in [2.75, 3.05) is 18.2 Å². The van der Waals surface area contributed by atoms with Gasteiger partial charge in [0.1, 0.15) is 6.15 Å². The minimum absolute atomic E-state index is 0. The van der Waals surface area contributed by atoms with E-state index in [4.69, 9.17) is 5.32 Å². The van der Waals surface area contributed by atoms with Crippen LogP contribution in [0, 0.1) is 0 Å². The first kappa shape index (κ1) is 40.9. The molecule has 3 aromatic rings. The molecule has 0 aromatic heterocycles. The molecule has 0 amide bonds. The average molecular weight is 734 g/mol. The van der Waals surface area contributed by atoms with Crippen molar-refractivity contribution < 1.29 is 16.5 Å². The molecule has 6 heteroatoms. The Labute approximate surface area is 304 Å². The van der Waals surface area contributed by atoms with Crippen molar-refractivity contribution in [3.8, 4) is 0 Å². The van der Waals surface area contributed by atoms with E-state index in [0.29, 0.717) is 12.1 Å². The summed E-state index contributed by atoms with van der Waals surface area (Å²) in [4.78, 5) is 0. The number of nitrogens with zero attached hydrogens (tertiary/aromatic N) is 1. The van der Waals surface area contributed by atoms with Crippen LogP contribution < -0.4 is 5.46 Å². The largest absolute Gasteiger partial charge is 2.00 e. The Bertz CT molecular complexity index is 1200. The molecule has 0 atom stereocenters. The van der Waals surface area contributed by atoms with Crippen molar-refractivity contribution in [3.63, 3.8) is 0 Å². The Morgan fingerprint density at radius 1 is 0.532 bits per heavy atom. The molecule has 2 heterocycles. The van der Waals surface area contributed by atoms with Gasteiger partial charge in [0.05, 0.1) is 22.6 Å². The summed E-state index contributed by atoms with van der Waals surface area (Å²) in [5.41, 5.74) is 12.4. The van der Waals surface area contributed by atoms with E-state index >= 15 is 0 Å². The van der Waals surface area contributed by atoms with Gasteiger partial charge in [-0.1, -0.05) is 153 Å². The first-order chi connectivity index (χ1) is 21.8. The van der Waals surface area contributed by atoms with Gasteiger partial charge >= 0.3 is 16.5 Å². The molecule has 260 valence electrons.